The zero-order valence-electron chi connectivity index (χ0n) is 6.26. The van der Waals surface area contributed by atoms with Crippen LogP contribution in [0.3, 0.4) is 0 Å². The second kappa shape index (κ2) is 2.08. The van der Waals surface area contributed by atoms with Crippen molar-refractivity contribution in [2.24, 2.45) is 0 Å². The fourth-order valence-electron chi connectivity index (χ4n) is 1.35. The molecule has 0 spiro atoms. The summed E-state index contributed by atoms with van der Waals surface area (Å²) >= 11 is 4.90. The third-order valence-corrected chi connectivity index (χ3v) is 2.22. The Hall–Kier alpha value is -0.830. The van der Waals surface area contributed by atoms with E-state index in [-0.39, 0.29) is 5.60 Å². The highest BCUT2D eigenvalue weighted by Gasteiger charge is 2.38. The molecule has 58 valence electrons. The van der Waals surface area contributed by atoms with Gasteiger partial charge in [-0.2, -0.15) is 0 Å². The van der Waals surface area contributed by atoms with E-state index in [4.69, 9.17) is 17.0 Å². The Bertz CT molecular complexity index is 269. The molecule has 0 aromatic heterocycles. The lowest BCUT2D eigenvalue weighted by atomic mass is 9.94. The second-order valence-electron chi connectivity index (χ2n) is 2.96. The molecule has 0 aromatic carbocycles. The van der Waals surface area contributed by atoms with E-state index in [9.17, 15) is 0 Å². The molecule has 1 aliphatic carbocycles. The summed E-state index contributed by atoms with van der Waals surface area (Å²) in [4.78, 5) is 0. The summed E-state index contributed by atoms with van der Waals surface area (Å²) in [6.45, 7) is 2.04. The van der Waals surface area contributed by atoms with Gasteiger partial charge in [0, 0.05) is 6.42 Å². The molecule has 0 radical (unpaired) electrons. The smallest absolute Gasteiger partial charge is 0.262 e. The molecular formula is C8H9NOS. The topological polar surface area (TPSA) is 21.3 Å². The van der Waals surface area contributed by atoms with E-state index < -0.39 is 0 Å². The SMILES string of the molecule is CC12CC=CC=C1NC(=S)O2. The third kappa shape index (κ3) is 0.959. The van der Waals surface area contributed by atoms with Gasteiger partial charge in [0.15, 0.2) is 5.60 Å². The van der Waals surface area contributed by atoms with Crippen molar-refractivity contribution in [2.75, 3.05) is 0 Å². The van der Waals surface area contributed by atoms with Crippen LogP contribution in [0.4, 0.5) is 0 Å². The molecule has 1 N–H and O–H groups in total. The van der Waals surface area contributed by atoms with E-state index in [0.29, 0.717) is 5.17 Å². The first-order chi connectivity index (χ1) is 5.21. The first-order valence-electron chi connectivity index (χ1n) is 3.58. The molecule has 1 aliphatic heterocycles. The summed E-state index contributed by atoms with van der Waals surface area (Å²) in [6, 6.07) is 0. The van der Waals surface area contributed by atoms with Crippen molar-refractivity contribution in [3.05, 3.63) is 23.9 Å². The summed E-state index contributed by atoms with van der Waals surface area (Å²) in [5.74, 6) is 0. The molecule has 3 heteroatoms. The minimum atomic E-state index is -0.216. The molecule has 2 nitrogen and oxygen atoms in total. The first-order valence-corrected chi connectivity index (χ1v) is 3.99. The number of ether oxygens (including phenoxy) is 1. The van der Waals surface area contributed by atoms with Crippen LogP contribution >= 0.6 is 12.2 Å². The maximum absolute atomic E-state index is 5.45. The summed E-state index contributed by atoms with van der Waals surface area (Å²) in [5.41, 5.74) is 0.858. The average molecular weight is 167 g/mol. The van der Waals surface area contributed by atoms with Crippen LogP contribution in [0.2, 0.25) is 0 Å². The van der Waals surface area contributed by atoms with Crippen LogP contribution in [0.25, 0.3) is 0 Å². The van der Waals surface area contributed by atoms with Crippen LogP contribution < -0.4 is 5.32 Å². The molecule has 0 amide bonds. The summed E-state index contributed by atoms with van der Waals surface area (Å²) in [6.07, 6.45) is 7.00. The predicted molar refractivity (Wildman–Crippen MR) is 47.1 cm³/mol. The van der Waals surface area contributed by atoms with Gasteiger partial charge in [0.1, 0.15) is 0 Å². The Morgan fingerprint density at radius 1 is 1.73 bits per heavy atom. The van der Waals surface area contributed by atoms with Crippen molar-refractivity contribution < 1.29 is 4.74 Å². The Labute approximate surface area is 70.9 Å². The summed E-state index contributed by atoms with van der Waals surface area (Å²) in [5, 5.41) is 3.50. The fraction of sp³-hybridized carbons (Fsp3) is 0.375. The average Bonchev–Trinajstić information content (AvgIpc) is 2.22. The molecule has 1 fully saturated rings. The highest BCUT2D eigenvalue weighted by Crippen LogP contribution is 2.31. The van der Waals surface area contributed by atoms with Crippen molar-refractivity contribution in [2.45, 2.75) is 18.9 Å². The predicted octanol–water partition coefficient (Wildman–Crippen LogP) is 1.49. The number of hydrogen-bond donors (Lipinski definition) is 1. The molecule has 0 aromatic rings. The molecule has 1 saturated heterocycles. The van der Waals surface area contributed by atoms with Gasteiger partial charge in [0.2, 0.25) is 0 Å². The highest BCUT2D eigenvalue weighted by atomic mass is 32.1. The third-order valence-electron chi connectivity index (χ3n) is 2.03. The van der Waals surface area contributed by atoms with Gasteiger partial charge in [-0.3, -0.25) is 0 Å². The Morgan fingerprint density at radius 2 is 2.55 bits per heavy atom. The summed E-state index contributed by atoms with van der Waals surface area (Å²) < 4.78 is 5.45. The van der Waals surface area contributed by atoms with Gasteiger partial charge in [-0.1, -0.05) is 12.2 Å². The van der Waals surface area contributed by atoms with Crippen molar-refractivity contribution in [3.8, 4) is 0 Å². The molecular weight excluding hydrogens is 158 g/mol. The molecule has 2 aliphatic rings. The van der Waals surface area contributed by atoms with Crippen molar-refractivity contribution in [3.63, 3.8) is 0 Å². The first kappa shape index (κ1) is 6.85. The molecule has 0 saturated carbocycles. The lowest BCUT2D eigenvalue weighted by Crippen LogP contribution is -2.27. The van der Waals surface area contributed by atoms with E-state index in [1.54, 1.807) is 0 Å². The van der Waals surface area contributed by atoms with E-state index in [0.717, 1.165) is 12.1 Å². The van der Waals surface area contributed by atoms with Crippen LogP contribution in [-0.2, 0) is 4.74 Å². The molecule has 11 heavy (non-hydrogen) atoms. The zero-order chi connectivity index (χ0) is 7.90. The minimum absolute atomic E-state index is 0.216. The second-order valence-corrected chi connectivity index (χ2v) is 3.33. The molecule has 0 bridgehead atoms. The molecule has 1 unspecified atom stereocenters. The standard InChI is InChI=1S/C8H9NOS/c1-8-5-3-2-4-6(8)9-7(11)10-8/h2-4H,5H2,1H3,(H,9,11). The maximum atomic E-state index is 5.45. The molecule has 1 atom stereocenters. The van der Waals surface area contributed by atoms with Crippen LogP contribution in [0.15, 0.2) is 23.9 Å². The van der Waals surface area contributed by atoms with Crippen LogP contribution in [0.5, 0.6) is 0 Å². The van der Waals surface area contributed by atoms with Crippen molar-refractivity contribution in [1.82, 2.24) is 5.32 Å². The highest BCUT2D eigenvalue weighted by molar-refractivity contribution is 7.80. The number of fused-ring (bicyclic) bond motifs is 1. The molecule has 1 heterocycles. The van der Waals surface area contributed by atoms with Gasteiger partial charge in [-0.05, 0) is 25.2 Å². The van der Waals surface area contributed by atoms with E-state index in [2.05, 4.69) is 11.4 Å². The van der Waals surface area contributed by atoms with Gasteiger partial charge in [-0.25, -0.2) is 0 Å². The largest absolute Gasteiger partial charge is 0.458 e. The van der Waals surface area contributed by atoms with Crippen LogP contribution in [0.1, 0.15) is 13.3 Å². The fourth-order valence-corrected chi connectivity index (χ4v) is 1.65. The number of rotatable bonds is 0. The minimum Gasteiger partial charge on any atom is -0.458 e. The van der Waals surface area contributed by atoms with E-state index in [1.165, 1.54) is 0 Å². The Balaban J connectivity index is 2.37. The van der Waals surface area contributed by atoms with E-state index in [1.807, 2.05) is 19.1 Å². The Kier molecular flexibility index (Phi) is 1.29. The number of allylic oxidation sites excluding steroid dienone is 2. The molecule has 2 rings (SSSR count). The van der Waals surface area contributed by atoms with Gasteiger partial charge in [0.25, 0.3) is 5.17 Å². The van der Waals surface area contributed by atoms with Gasteiger partial charge < -0.3 is 10.1 Å². The van der Waals surface area contributed by atoms with Gasteiger partial charge >= 0.3 is 0 Å². The van der Waals surface area contributed by atoms with Crippen LogP contribution in [0, 0.1) is 0 Å². The monoisotopic (exact) mass is 167 g/mol. The normalized spacial score (nSPS) is 33.9. The lowest BCUT2D eigenvalue weighted by Gasteiger charge is -2.23. The van der Waals surface area contributed by atoms with Gasteiger partial charge in [-0.15, -0.1) is 0 Å². The lowest BCUT2D eigenvalue weighted by molar-refractivity contribution is 0.143. The zero-order valence-corrected chi connectivity index (χ0v) is 7.07. The quantitative estimate of drug-likeness (QED) is 0.552. The van der Waals surface area contributed by atoms with Crippen LogP contribution in [-0.4, -0.2) is 10.8 Å². The number of nitrogens with one attached hydrogen (secondary N) is 1. The van der Waals surface area contributed by atoms with Crippen molar-refractivity contribution >= 4 is 17.4 Å². The van der Waals surface area contributed by atoms with Crippen molar-refractivity contribution in [1.29, 1.82) is 0 Å². The number of thiocarbonyl (C=S) groups is 1. The van der Waals surface area contributed by atoms with E-state index >= 15 is 0 Å². The maximum Gasteiger partial charge on any atom is 0.262 e. The number of hydrogen-bond acceptors (Lipinski definition) is 2. The van der Waals surface area contributed by atoms with Gasteiger partial charge in [0.05, 0.1) is 5.70 Å². The summed E-state index contributed by atoms with van der Waals surface area (Å²) in [7, 11) is 0. The Morgan fingerprint density at radius 3 is 3.27 bits per heavy atom.